The number of hydrogen-bond acceptors (Lipinski definition) is 3. The molecule has 0 aliphatic heterocycles. The van der Waals surface area contributed by atoms with Crippen LogP contribution in [0.1, 0.15) is 10.4 Å². The molecule has 0 atom stereocenters. The second-order valence-electron chi connectivity index (χ2n) is 4.21. The lowest BCUT2D eigenvalue weighted by Crippen LogP contribution is -2.12. The number of alkyl halides is 2. The topological polar surface area (TPSA) is 47.6 Å². The van der Waals surface area contributed by atoms with Crippen molar-refractivity contribution >= 4 is 11.6 Å². The van der Waals surface area contributed by atoms with Crippen molar-refractivity contribution < 1.29 is 27.4 Å². The maximum Gasteiger partial charge on any atom is 0.387 e. The second kappa shape index (κ2) is 6.84. The number of nitrogens with one attached hydrogen (secondary N) is 1. The molecule has 0 aliphatic rings. The summed E-state index contributed by atoms with van der Waals surface area (Å²) < 4.78 is 46.9. The number of amides is 1. The molecule has 2 aromatic rings. The molecule has 0 radical (unpaired) electrons. The van der Waals surface area contributed by atoms with Crippen LogP contribution in [0.4, 0.5) is 18.9 Å². The fourth-order valence-corrected chi connectivity index (χ4v) is 1.78. The van der Waals surface area contributed by atoms with Crippen molar-refractivity contribution in [2.75, 3.05) is 12.4 Å². The normalized spacial score (nSPS) is 10.4. The Balaban J connectivity index is 2.20. The molecule has 7 heteroatoms. The van der Waals surface area contributed by atoms with E-state index in [-0.39, 0.29) is 22.7 Å². The molecule has 2 aromatic carbocycles. The van der Waals surface area contributed by atoms with Gasteiger partial charge in [-0.3, -0.25) is 4.79 Å². The van der Waals surface area contributed by atoms with Crippen LogP contribution in [0.3, 0.4) is 0 Å². The highest BCUT2D eigenvalue weighted by atomic mass is 19.3. The summed E-state index contributed by atoms with van der Waals surface area (Å²) in [5.41, 5.74) is 0.317. The van der Waals surface area contributed by atoms with Gasteiger partial charge >= 0.3 is 6.61 Å². The molecule has 0 spiro atoms. The Morgan fingerprint density at radius 2 is 1.91 bits per heavy atom. The molecule has 0 unspecified atom stereocenters. The van der Waals surface area contributed by atoms with E-state index < -0.39 is 18.3 Å². The fraction of sp³-hybridized carbons (Fsp3) is 0.133. The van der Waals surface area contributed by atoms with Crippen LogP contribution in [0.2, 0.25) is 0 Å². The van der Waals surface area contributed by atoms with E-state index in [1.165, 1.54) is 43.5 Å². The zero-order valence-electron chi connectivity index (χ0n) is 11.5. The van der Waals surface area contributed by atoms with Gasteiger partial charge in [0.25, 0.3) is 5.91 Å². The molecule has 0 heterocycles. The minimum Gasteiger partial charge on any atom is -0.493 e. The van der Waals surface area contributed by atoms with Crippen LogP contribution in [-0.4, -0.2) is 19.6 Å². The molecule has 0 saturated heterocycles. The second-order valence-corrected chi connectivity index (χ2v) is 4.21. The highest BCUT2D eigenvalue weighted by Gasteiger charge is 2.13. The van der Waals surface area contributed by atoms with Gasteiger partial charge in [0.1, 0.15) is 5.82 Å². The van der Waals surface area contributed by atoms with Gasteiger partial charge < -0.3 is 14.8 Å². The maximum absolute atomic E-state index is 13.1. The summed E-state index contributed by atoms with van der Waals surface area (Å²) in [6, 6.07) is 9.12. The van der Waals surface area contributed by atoms with Gasteiger partial charge in [0, 0.05) is 17.3 Å². The summed E-state index contributed by atoms with van der Waals surface area (Å²) in [6.07, 6.45) is 0. The van der Waals surface area contributed by atoms with Crippen LogP contribution in [0, 0.1) is 5.82 Å². The average molecular weight is 311 g/mol. The number of anilines is 1. The molecule has 2 rings (SSSR count). The molecule has 1 amide bonds. The van der Waals surface area contributed by atoms with Gasteiger partial charge in [0.15, 0.2) is 11.5 Å². The van der Waals surface area contributed by atoms with E-state index in [1.54, 1.807) is 0 Å². The number of carbonyl (C=O) groups is 1. The van der Waals surface area contributed by atoms with Crippen LogP contribution in [-0.2, 0) is 0 Å². The van der Waals surface area contributed by atoms with Crippen molar-refractivity contribution in [2.24, 2.45) is 0 Å². The molecular formula is C15H12F3NO3. The number of hydrogen-bond donors (Lipinski definition) is 1. The lowest BCUT2D eigenvalue weighted by atomic mass is 10.2. The van der Waals surface area contributed by atoms with E-state index in [1.807, 2.05) is 0 Å². The van der Waals surface area contributed by atoms with E-state index in [9.17, 15) is 18.0 Å². The Bertz CT molecular complexity index is 677. The molecule has 0 aromatic heterocycles. The van der Waals surface area contributed by atoms with Gasteiger partial charge in [-0.1, -0.05) is 6.07 Å². The monoisotopic (exact) mass is 311 g/mol. The first kappa shape index (κ1) is 15.7. The lowest BCUT2D eigenvalue weighted by Gasteiger charge is -2.12. The number of ether oxygens (including phenoxy) is 2. The zero-order valence-corrected chi connectivity index (χ0v) is 11.5. The minimum absolute atomic E-state index is 0.101. The Morgan fingerprint density at radius 1 is 1.14 bits per heavy atom. The number of benzene rings is 2. The summed E-state index contributed by atoms with van der Waals surface area (Å²) in [7, 11) is 1.30. The van der Waals surface area contributed by atoms with Gasteiger partial charge in [0.05, 0.1) is 7.11 Å². The smallest absolute Gasteiger partial charge is 0.387 e. The molecule has 22 heavy (non-hydrogen) atoms. The molecule has 0 aliphatic carbocycles. The van der Waals surface area contributed by atoms with Crippen LogP contribution in [0.25, 0.3) is 0 Å². The predicted octanol–water partition coefficient (Wildman–Crippen LogP) is 3.69. The average Bonchev–Trinajstić information content (AvgIpc) is 2.47. The SMILES string of the molecule is COc1ccc(NC(=O)c2cccc(F)c2)cc1OC(F)F. The third-order valence-corrected chi connectivity index (χ3v) is 2.72. The minimum atomic E-state index is -3.02. The summed E-state index contributed by atoms with van der Waals surface area (Å²) in [5.74, 6) is -1.24. The first-order valence-corrected chi connectivity index (χ1v) is 6.19. The Hall–Kier alpha value is -2.70. The van der Waals surface area contributed by atoms with Gasteiger partial charge in [0.2, 0.25) is 0 Å². The van der Waals surface area contributed by atoms with Crippen LogP contribution in [0.15, 0.2) is 42.5 Å². The quantitative estimate of drug-likeness (QED) is 0.916. The van der Waals surface area contributed by atoms with Gasteiger partial charge in [-0.05, 0) is 30.3 Å². The fourth-order valence-electron chi connectivity index (χ4n) is 1.78. The van der Waals surface area contributed by atoms with E-state index in [2.05, 4.69) is 10.1 Å². The van der Waals surface area contributed by atoms with Gasteiger partial charge in [-0.2, -0.15) is 8.78 Å². The summed E-state index contributed by atoms with van der Waals surface area (Å²) >= 11 is 0. The van der Waals surface area contributed by atoms with E-state index in [0.717, 1.165) is 6.07 Å². The Morgan fingerprint density at radius 3 is 2.55 bits per heavy atom. The summed E-state index contributed by atoms with van der Waals surface area (Å²) in [5, 5.41) is 2.46. The van der Waals surface area contributed by atoms with Crippen LogP contribution >= 0.6 is 0 Å². The highest BCUT2D eigenvalue weighted by Crippen LogP contribution is 2.31. The molecular weight excluding hydrogens is 299 g/mol. The maximum atomic E-state index is 13.1. The number of halogens is 3. The van der Waals surface area contributed by atoms with Crippen LogP contribution in [0.5, 0.6) is 11.5 Å². The number of carbonyl (C=O) groups excluding carboxylic acids is 1. The molecule has 116 valence electrons. The molecule has 4 nitrogen and oxygen atoms in total. The Labute approximate surface area is 124 Å². The van der Waals surface area contributed by atoms with E-state index in [4.69, 9.17) is 4.74 Å². The molecule has 1 N–H and O–H groups in total. The predicted molar refractivity (Wildman–Crippen MR) is 74.0 cm³/mol. The highest BCUT2D eigenvalue weighted by molar-refractivity contribution is 6.04. The molecule has 0 saturated carbocycles. The number of methoxy groups -OCH3 is 1. The zero-order chi connectivity index (χ0) is 16.1. The standard InChI is InChI=1S/C15H12F3NO3/c1-21-12-6-5-11(8-13(12)22-15(17)18)19-14(20)9-3-2-4-10(16)7-9/h2-8,15H,1H3,(H,19,20). The van der Waals surface area contributed by atoms with Gasteiger partial charge in [-0.15, -0.1) is 0 Å². The first-order chi connectivity index (χ1) is 10.5. The largest absolute Gasteiger partial charge is 0.493 e. The van der Waals surface area contributed by atoms with Crippen molar-refractivity contribution in [1.29, 1.82) is 0 Å². The van der Waals surface area contributed by atoms with Crippen molar-refractivity contribution in [3.63, 3.8) is 0 Å². The molecule has 0 fully saturated rings. The van der Waals surface area contributed by atoms with Crippen LogP contribution < -0.4 is 14.8 Å². The summed E-state index contributed by atoms with van der Waals surface area (Å²) in [6.45, 7) is -3.02. The van der Waals surface area contributed by atoms with Gasteiger partial charge in [-0.25, -0.2) is 4.39 Å². The van der Waals surface area contributed by atoms with Crippen molar-refractivity contribution in [2.45, 2.75) is 6.61 Å². The van der Waals surface area contributed by atoms with E-state index in [0.29, 0.717) is 0 Å². The third kappa shape index (κ3) is 3.91. The number of rotatable bonds is 5. The first-order valence-electron chi connectivity index (χ1n) is 6.19. The van der Waals surface area contributed by atoms with E-state index >= 15 is 0 Å². The van der Waals surface area contributed by atoms with Crippen molar-refractivity contribution in [3.05, 3.63) is 53.8 Å². The Kier molecular flexibility index (Phi) is 4.88. The third-order valence-electron chi connectivity index (χ3n) is 2.72. The lowest BCUT2D eigenvalue weighted by molar-refractivity contribution is -0.0511. The van der Waals surface area contributed by atoms with Crippen molar-refractivity contribution in [1.82, 2.24) is 0 Å². The summed E-state index contributed by atoms with van der Waals surface area (Å²) in [4.78, 5) is 12.0. The molecule has 0 bridgehead atoms. The van der Waals surface area contributed by atoms with Crippen molar-refractivity contribution in [3.8, 4) is 11.5 Å².